The summed E-state index contributed by atoms with van der Waals surface area (Å²) >= 11 is 0. The number of ether oxygens (including phenoxy) is 7. The van der Waals surface area contributed by atoms with E-state index < -0.39 is 83.6 Å². The molecule has 0 spiro atoms. The lowest BCUT2D eigenvalue weighted by molar-refractivity contribution is -0.208. The molecule has 70 heavy (non-hydrogen) atoms. The molecule has 12 bridgehead atoms. The van der Waals surface area contributed by atoms with Crippen molar-refractivity contribution in [2.75, 3.05) is 13.4 Å². The minimum Gasteiger partial charge on any atom is -0.462 e. The van der Waals surface area contributed by atoms with E-state index in [1.165, 1.54) is 0 Å². The number of sulfonamides is 1. The van der Waals surface area contributed by atoms with Gasteiger partial charge in [-0.25, -0.2) is 8.42 Å². The number of esters is 6. The normalized spacial score (nSPS) is 38.8. The molecule has 6 saturated heterocycles. The van der Waals surface area contributed by atoms with Gasteiger partial charge in [0.25, 0.3) is 0 Å². The first-order chi connectivity index (χ1) is 32.2. The van der Waals surface area contributed by atoms with Crippen molar-refractivity contribution in [2.24, 2.45) is 39.4 Å². The van der Waals surface area contributed by atoms with Gasteiger partial charge in [0.15, 0.2) is 0 Å². The zero-order valence-corrected chi connectivity index (χ0v) is 43.9. The molecule has 12 aliphatic rings. The quantitative estimate of drug-likeness (QED) is 0.172. The summed E-state index contributed by atoms with van der Waals surface area (Å²) in [5.74, 6) is -3.42. The molecule has 0 aromatic heterocycles. The molecule has 2 N–H and O–H groups in total. The predicted octanol–water partition coefficient (Wildman–Crippen LogP) is 5.85. The maximum absolute atomic E-state index is 12.9. The van der Waals surface area contributed by atoms with Crippen molar-refractivity contribution < 1.29 is 80.2 Å². The molecule has 6 saturated carbocycles. The standard InChI is InChI=1S/C18H27NO7S.C17H26O5.C16H24O5/c1-5-16(2,3)15(22)26-18-7-11-6-17(10-18,14(21)19-27(4,23)24)8-12(9-18)25-13(11)20;1-5-15(2,3)14(19)22-17-7-11-6-16(10-17,20-4)8-12(9-17)21-13(11)18;1-4-14(2,3)13(18)21-16-6-10-5-15(19,9-16)7-11(8-16)20-12(10)17/h11-12H,5-10H2,1-4H3,(H,19,21);11-12H,5-10H2,1-4H3;10-11,19H,4-9H2,1-3H3. The lowest BCUT2D eigenvalue weighted by Gasteiger charge is -2.52. The van der Waals surface area contributed by atoms with Gasteiger partial charge in [-0.2, -0.15) is 0 Å². The monoisotopic (exact) mass is 1010 g/mol. The minimum absolute atomic E-state index is 0.156. The first-order valence-corrected chi connectivity index (χ1v) is 27.2. The van der Waals surface area contributed by atoms with Crippen molar-refractivity contribution in [3.05, 3.63) is 0 Å². The third-order valence-electron chi connectivity index (χ3n) is 17.6. The van der Waals surface area contributed by atoms with E-state index in [9.17, 15) is 47.1 Å². The van der Waals surface area contributed by atoms with Gasteiger partial charge in [-0.15, -0.1) is 0 Å². The van der Waals surface area contributed by atoms with Gasteiger partial charge in [0, 0.05) is 77.7 Å². The summed E-state index contributed by atoms with van der Waals surface area (Å²) in [5, 5.41) is 10.7. The minimum atomic E-state index is -3.75. The van der Waals surface area contributed by atoms with Crippen LogP contribution < -0.4 is 4.72 Å². The fourth-order valence-electron chi connectivity index (χ4n) is 13.0. The van der Waals surface area contributed by atoms with Gasteiger partial charge in [-0.05, 0) is 86.5 Å². The van der Waals surface area contributed by atoms with E-state index in [1.54, 1.807) is 21.0 Å². The molecule has 19 heteroatoms. The summed E-state index contributed by atoms with van der Waals surface area (Å²) < 4.78 is 65.3. The average Bonchev–Trinajstić information content (AvgIpc) is 3.58. The fourth-order valence-corrected chi connectivity index (χ4v) is 13.5. The molecule has 6 aliphatic carbocycles. The summed E-state index contributed by atoms with van der Waals surface area (Å²) in [7, 11) is -2.06. The van der Waals surface area contributed by atoms with E-state index in [2.05, 4.69) is 4.72 Å². The predicted molar refractivity (Wildman–Crippen MR) is 248 cm³/mol. The average molecular weight is 1010 g/mol. The highest BCUT2D eigenvalue weighted by Gasteiger charge is 2.65. The van der Waals surface area contributed by atoms with Gasteiger partial charge in [-0.1, -0.05) is 20.8 Å². The number of fused-ring (bicyclic) bond motifs is 3. The molecule has 12 atom stereocenters. The van der Waals surface area contributed by atoms with Gasteiger partial charge < -0.3 is 38.3 Å². The Labute approximate surface area is 412 Å². The Bertz CT molecular complexity index is 2260. The van der Waals surface area contributed by atoms with Gasteiger partial charge in [0.05, 0.1) is 56.9 Å². The Morgan fingerprint density at radius 1 is 0.557 bits per heavy atom. The van der Waals surface area contributed by atoms with E-state index in [0.29, 0.717) is 89.9 Å². The molecule has 0 aromatic rings. The summed E-state index contributed by atoms with van der Waals surface area (Å²) in [5.41, 5.74) is -6.52. The molecule has 0 aromatic carbocycles. The number of nitrogens with one attached hydrogen (secondary N) is 1. The molecule has 6 heterocycles. The fraction of sp³-hybridized carbons (Fsp3) is 0.863. The molecule has 1 amide bonds. The molecule has 12 rings (SSSR count). The highest BCUT2D eigenvalue weighted by Crippen LogP contribution is 2.59. The van der Waals surface area contributed by atoms with Gasteiger partial charge in [0.2, 0.25) is 15.9 Å². The van der Waals surface area contributed by atoms with E-state index in [1.807, 2.05) is 48.5 Å². The van der Waals surface area contributed by atoms with Crippen LogP contribution in [0.5, 0.6) is 0 Å². The van der Waals surface area contributed by atoms with Crippen molar-refractivity contribution >= 4 is 51.7 Å². The van der Waals surface area contributed by atoms with Crippen LogP contribution in [0.15, 0.2) is 0 Å². The Kier molecular flexibility index (Phi) is 14.1. The molecule has 394 valence electrons. The number of methoxy groups -OCH3 is 1. The zero-order valence-electron chi connectivity index (χ0n) is 43.1. The van der Waals surface area contributed by atoms with Crippen LogP contribution in [-0.2, 0) is 76.7 Å². The van der Waals surface area contributed by atoms with Crippen LogP contribution in [0.4, 0.5) is 0 Å². The number of amides is 1. The van der Waals surface area contributed by atoms with Crippen LogP contribution >= 0.6 is 0 Å². The second-order valence-electron chi connectivity index (χ2n) is 24.8. The van der Waals surface area contributed by atoms with Gasteiger partial charge >= 0.3 is 35.8 Å². The van der Waals surface area contributed by atoms with Crippen LogP contribution in [-0.4, -0.2) is 115 Å². The van der Waals surface area contributed by atoms with E-state index in [-0.39, 0.29) is 73.2 Å². The van der Waals surface area contributed by atoms with Crippen LogP contribution in [0.2, 0.25) is 0 Å². The molecule has 18 nitrogen and oxygen atoms in total. The number of aliphatic hydroxyl groups is 1. The van der Waals surface area contributed by atoms with Crippen LogP contribution in [0.25, 0.3) is 0 Å². The summed E-state index contributed by atoms with van der Waals surface area (Å²) in [6.45, 7) is 16.9. The number of carbonyl (C=O) groups excluding carboxylic acids is 7. The van der Waals surface area contributed by atoms with Crippen molar-refractivity contribution in [1.82, 2.24) is 4.72 Å². The zero-order chi connectivity index (χ0) is 51.9. The Morgan fingerprint density at radius 3 is 1.34 bits per heavy atom. The van der Waals surface area contributed by atoms with E-state index in [4.69, 9.17) is 33.2 Å². The summed E-state index contributed by atoms with van der Waals surface area (Å²) in [4.78, 5) is 87.2. The molecule has 6 aliphatic heterocycles. The third-order valence-corrected chi connectivity index (χ3v) is 18.2. The second-order valence-corrected chi connectivity index (χ2v) is 26.5. The second kappa shape index (κ2) is 18.3. The third kappa shape index (κ3) is 10.8. The number of carbonyl (C=O) groups is 7. The molecule has 12 unspecified atom stereocenters. The SMILES string of the molecule is CCC(C)(C)C(=O)OC12CC3CC(C(=O)NS(C)(=O)=O)(CC(C1)C(=O)O3)C2.CCC(C)(C)C(=O)OC12CC3CC(O)(CC(C1)C(=O)O3)C2.CCC(C)(C)C(=O)OC12CC3CC(OC)(CC(C1)C(=O)O3)C2. The van der Waals surface area contributed by atoms with Crippen molar-refractivity contribution in [1.29, 1.82) is 0 Å². The Morgan fingerprint density at radius 2 is 0.914 bits per heavy atom. The lowest BCUT2D eigenvalue weighted by Crippen LogP contribution is -2.59. The molecular formula is C51H77NO17S. The van der Waals surface area contributed by atoms with E-state index >= 15 is 0 Å². The number of hydrogen-bond acceptors (Lipinski definition) is 17. The summed E-state index contributed by atoms with van der Waals surface area (Å²) in [6.07, 6.45) is 8.67. The first-order valence-electron chi connectivity index (χ1n) is 25.3. The maximum Gasteiger partial charge on any atom is 0.312 e. The largest absolute Gasteiger partial charge is 0.462 e. The number of hydrogen-bond donors (Lipinski definition) is 2. The van der Waals surface area contributed by atoms with Gasteiger partial charge in [-0.3, -0.25) is 38.3 Å². The lowest BCUT2D eigenvalue weighted by atomic mass is 9.56. The van der Waals surface area contributed by atoms with E-state index in [0.717, 1.165) is 12.7 Å². The topological polar surface area (TPSA) is 250 Å². The smallest absolute Gasteiger partial charge is 0.312 e. The molecular weight excluding hydrogens is 931 g/mol. The maximum atomic E-state index is 12.9. The van der Waals surface area contributed by atoms with Crippen molar-refractivity contribution in [3.8, 4) is 0 Å². The molecule has 0 radical (unpaired) electrons. The highest BCUT2D eigenvalue weighted by molar-refractivity contribution is 7.89. The Hall–Kier alpha value is -3.84. The van der Waals surface area contributed by atoms with Crippen LogP contribution in [0.3, 0.4) is 0 Å². The highest BCUT2D eigenvalue weighted by atomic mass is 32.2. The number of rotatable bonds is 12. The van der Waals surface area contributed by atoms with Crippen LogP contribution in [0, 0.1) is 39.4 Å². The Balaban J connectivity index is 0.000000156. The van der Waals surface area contributed by atoms with Crippen molar-refractivity contribution in [2.45, 2.75) is 224 Å². The van der Waals surface area contributed by atoms with Crippen LogP contribution in [0.1, 0.15) is 178 Å². The first kappa shape index (κ1) is 53.9. The summed E-state index contributed by atoms with van der Waals surface area (Å²) in [6, 6.07) is 0. The van der Waals surface area contributed by atoms with Gasteiger partial charge in [0.1, 0.15) is 35.1 Å². The molecule has 12 fully saturated rings. The van der Waals surface area contributed by atoms with Crippen molar-refractivity contribution in [3.63, 3.8) is 0 Å².